The molecular weight excluding hydrogens is 1050 g/mol. The molecule has 3 atom stereocenters. The first-order chi connectivity index (χ1) is 35.0. The average Bonchev–Trinajstić information content (AvgIpc) is 3.48. The van der Waals surface area contributed by atoms with E-state index in [-0.39, 0.29) is 107 Å². The minimum absolute atomic E-state index is 0.00296. The third-order valence-corrected chi connectivity index (χ3v) is 20.5. The van der Waals surface area contributed by atoms with Crippen LogP contribution in [0, 0.1) is 11.0 Å². The standard InChI is InChI=1S/C49H86N3O14S6/c53-41(21-16-13-11-9-7-5-3-1-2-4-6-8-10-12-14-18-24-46(57)58)35-40(47(59)60)25-26-44(55)51-28-30-64-32-33-65-36-42(54)22-20-29-63-31-34-66-37-45(56)50-27-19-15-17-23-43(48(61)62)52-49-71-69-38-67-68-39-70-72-49/h38,40,43,49,52H,1-37,39H2,(H,50,56)(H,51,55)(H,57,58)(H,59,60)(H,61,62)/t40-,43+,49?/m1/s1. The van der Waals surface area contributed by atoms with Crippen molar-refractivity contribution in [2.75, 3.05) is 71.0 Å². The Morgan fingerprint density at radius 3 is 1.67 bits per heavy atom. The van der Waals surface area contributed by atoms with Gasteiger partial charge in [0.15, 0.2) is 5.78 Å². The van der Waals surface area contributed by atoms with Gasteiger partial charge < -0.3 is 44.9 Å². The fourth-order valence-electron chi connectivity index (χ4n) is 7.35. The number of hydrogen-bond donors (Lipinski definition) is 6. The molecule has 417 valence electrons. The van der Waals surface area contributed by atoms with E-state index in [0.29, 0.717) is 38.8 Å². The molecule has 0 aliphatic carbocycles. The summed E-state index contributed by atoms with van der Waals surface area (Å²) in [6, 6.07) is -0.623. The van der Waals surface area contributed by atoms with Gasteiger partial charge in [0.1, 0.15) is 29.7 Å². The lowest BCUT2D eigenvalue weighted by molar-refractivity contribution is -0.144. The van der Waals surface area contributed by atoms with Crippen LogP contribution in [0.2, 0.25) is 0 Å². The van der Waals surface area contributed by atoms with Crippen molar-refractivity contribution in [2.45, 2.75) is 184 Å². The van der Waals surface area contributed by atoms with Crippen molar-refractivity contribution in [3.63, 3.8) is 0 Å². The Morgan fingerprint density at radius 1 is 0.486 bits per heavy atom. The Hall–Kier alpha value is -1.41. The van der Waals surface area contributed by atoms with Crippen molar-refractivity contribution in [2.24, 2.45) is 5.92 Å². The van der Waals surface area contributed by atoms with Gasteiger partial charge in [-0.3, -0.25) is 38.9 Å². The zero-order valence-corrected chi connectivity index (χ0v) is 47.4. The highest BCUT2D eigenvalue weighted by molar-refractivity contribution is 8.93. The van der Waals surface area contributed by atoms with E-state index in [1.807, 2.05) is 0 Å². The fraction of sp³-hybridized carbons (Fsp3) is 0.837. The number of carbonyl (C=O) groups excluding carboxylic acids is 4. The first-order valence-corrected chi connectivity index (χ1v) is 33.0. The molecule has 72 heavy (non-hydrogen) atoms. The quantitative estimate of drug-likeness (QED) is 0.0245. The lowest BCUT2D eigenvalue weighted by Crippen LogP contribution is -2.40. The monoisotopic (exact) mass is 1130 g/mol. The summed E-state index contributed by atoms with van der Waals surface area (Å²) < 4.78 is 21.7. The van der Waals surface area contributed by atoms with Crippen LogP contribution in [0.15, 0.2) is 0 Å². The van der Waals surface area contributed by atoms with E-state index >= 15 is 0 Å². The van der Waals surface area contributed by atoms with Crippen LogP contribution >= 0.6 is 64.8 Å². The fourth-order valence-corrected chi connectivity index (χ4v) is 16.8. The van der Waals surface area contributed by atoms with Crippen LogP contribution in [0.3, 0.4) is 0 Å². The molecule has 1 fully saturated rings. The average molecular weight is 1130 g/mol. The molecule has 0 aromatic carbocycles. The van der Waals surface area contributed by atoms with E-state index < -0.39 is 29.9 Å². The van der Waals surface area contributed by atoms with E-state index in [1.165, 1.54) is 57.8 Å². The zero-order valence-electron chi connectivity index (χ0n) is 42.5. The molecular formula is C49H86N3O14S6. The Balaban J connectivity index is 1.91. The molecule has 1 heterocycles. The number of hydrogen-bond acceptors (Lipinski definition) is 18. The molecule has 0 bridgehead atoms. The second-order valence-corrected chi connectivity index (χ2v) is 25.5. The summed E-state index contributed by atoms with van der Waals surface area (Å²) in [6.45, 7) is 2.16. The van der Waals surface area contributed by atoms with Crippen molar-refractivity contribution in [3.8, 4) is 0 Å². The first kappa shape index (κ1) is 68.6. The SMILES string of the molecule is O=C(O)CCCCCCCCCCCCCCCCCCC(=O)C[C@@H](CCC(=O)NCCOCCOCC(=O)CCCOCCOCC(=O)NCCCCC[C@H](NC1SS[CH]SSCSS1)C(=O)O)C(=O)O. The molecule has 2 amide bonds. The molecule has 0 spiro atoms. The maximum absolute atomic E-state index is 12.5. The van der Waals surface area contributed by atoms with E-state index in [2.05, 4.69) is 21.0 Å². The lowest BCUT2D eigenvalue weighted by atomic mass is 9.94. The third kappa shape index (κ3) is 45.9. The number of aliphatic carboxylic acids is 3. The molecule has 1 unspecified atom stereocenters. The minimum atomic E-state index is -1.07. The van der Waals surface area contributed by atoms with E-state index in [4.69, 9.17) is 24.1 Å². The number of ketones is 2. The predicted octanol–water partition coefficient (Wildman–Crippen LogP) is 10.3. The summed E-state index contributed by atoms with van der Waals surface area (Å²) >= 11 is 0. The van der Waals surface area contributed by atoms with Gasteiger partial charge in [0.25, 0.3) is 0 Å². The Labute approximate surface area is 453 Å². The van der Waals surface area contributed by atoms with Crippen LogP contribution in [0.1, 0.15) is 173 Å². The number of amides is 2. The molecule has 23 heteroatoms. The van der Waals surface area contributed by atoms with Gasteiger partial charge in [0.2, 0.25) is 11.8 Å². The van der Waals surface area contributed by atoms with Crippen LogP contribution in [-0.2, 0) is 52.5 Å². The van der Waals surface area contributed by atoms with Gasteiger partial charge in [-0.25, -0.2) is 0 Å². The van der Waals surface area contributed by atoms with Crippen LogP contribution < -0.4 is 16.0 Å². The van der Waals surface area contributed by atoms with E-state index in [9.17, 15) is 43.8 Å². The predicted molar refractivity (Wildman–Crippen MR) is 296 cm³/mol. The second kappa shape index (κ2) is 50.4. The highest BCUT2D eigenvalue weighted by Gasteiger charge is 2.24. The van der Waals surface area contributed by atoms with Crippen molar-refractivity contribution in [1.29, 1.82) is 0 Å². The number of unbranched alkanes of at least 4 members (excludes halogenated alkanes) is 17. The molecule has 6 N–H and O–H groups in total. The molecule has 1 rings (SSSR count). The van der Waals surface area contributed by atoms with Crippen molar-refractivity contribution in [3.05, 3.63) is 5.08 Å². The van der Waals surface area contributed by atoms with Crippen molar-refractivity contribution < 1.29 is 67.8 Å². The highest BCUT2D eigenvalue weighted by Crippen LogP contribution is 2.48. The van der Waals surface area contributed by atoms with Crippen molar-refractivity contribution in [1.82, 2.24) is 16.0 Å². The molecule has 1 aliphatic heterocycles. The van der Waals surface area contributed by atoms with Crippen LogP contribution in [0.5, 0.6) is 0 Å². The first-order valence-electron chi connectivity index (χ1n) is 26.0. The molecule has 1 radical (unpaired) electrons. The summed E-state index contributed by atoms with van der Waals surface area (Å²) in [5.74, 6) is -4.19. The van der Waals surface area contributed by atoms with Gasteiger partial charge >= 0.3 is 17.9 Å². The van der Waals surface area contributed by atoms with E-state index in [0.717, 1.165) is 69.3 Å². The number of nitrogens with one attached hydrogen (secondary N) is 3. The summed E-state index contributed by atoms with van der Waals surface area (Å²) in [7, 11) is 10.0. The van der Waals surface area contributed by atoms with Gasteiger partial charge in [-0.1, -0.05) is 167 Å². The third-order valence-electron chi connectivity index (χ3n) is 11.4. The van der Waals surface area contributed by atoms with Gasteiger partial charge in [-0.2, -0.15) is 0 Å². The minimum Gasteiger partial charge on any atom is -0.481 e. The number of Topliss-reactive ketones (excluding diaryl/α,β-unsaturated/α-hetero) is 2. The smallest absolute Gasteiger partial charge is 0.320 e. The van der Waals surface area contributed by atoms with Crippen LogP contribution in [0.4, 0.5) is 0 Å². The Kier molecular flexibility index (Phi) is 48.0. The van der Waals surface area contributed by atoms with Gasteiger partial charge in [0, 0.05) is 51.8 Å². The molecule has 1 saturated heterocycles. The second-order valence-electron chi connectivity index (χ2n) is 17.6. The number of carbonyl (C=O) groups is 7. The number of carboxylic acids is 3. The zero-order chi connectivity index (χ0) is 52.5. The van der Waals surface area contributed by atoms with E-state index in [1.54, 1.807) is 64.8 Å². The van der Waals surface area contributed by atoms with Gasteiger partial charge in [-0.15, -0.1) is 0 Å². The molecule has 1 aliphatic rings. The number of ether oxygens (including phenoxy) is 4. The van der Waals surface area contributed by atoms with Crippen LogP contribution in [0.25, 0.3) is 0 Å². The Morgan fingerprint density at radius 2 is 1.04 bits per heavy atom. The number of carboxylic acid groups (broad SMARTS) is 3. The molecule has 0 aromatic rings. The maximum atomic E-state index is 12.5. The highest BCUT2D eigenvalue weighted by atomic mass is 33.2. The summed E-state index contributed by atoms with van der Waals surface area (Å²) in [5, 5.41) is 39.7. The normalized spacial score (nSPS) is 14.2. The van der Waals surface area contributed by atoms with Crippen molar-refractivity contribution >= 4 is 106 Å². The molecule has 0 aromatic heterocycles. The molecule has 0 saturated carbocycles. The van der Waals surface area contributed by atoms with Gasteiger partial charge in [0.05, 0.1) is 49.1 Å². The Bertz CT molecular complexity index is 1430. The van der Waals surface area contributed by atoms with Gasteiger partial charge in [-0.05, 0) is 38.5 Å². The molecule has 17 nitrogen and oxygen atoms in total. The topological polar surface area (TPSA) is 253 Å². The largest absolute Gasteiger partial charge is 0.481 e. The van der Waals surface area contributed by atoms with Crippen LogP contribution in [-0.4, -0.2) is 138 Å². The maximum Gasteiger partial charge on any atom is 0.320 e. The summed E-state index contributed by atoms with van der Waals surface area (Å²) in [6.07, 6.45) is 22.3. The summed E-state index contributed by atoms with van der Waals surface area (Å²) in [5.41, 5.74) is 0. The summed E-state index contributed by atoms with van der Waals surface area (Å²) in [4.78, 5) is 83.1. The lowest BCUT2D eigenvalue weighted by Gasteiger charge is -2.21. The number of rotatable bonds is 51.